The molecule has 0 amide bonds. The third-order valence-corrected chi connectivity index (χ3v) is 3.62. The fraction of sp³-hybridized carbons (Fsp3) is 0.455. The van der Waals surface area contributed by atoms with E-state index < -0.39 is 0 Å². The maximum atomic E-state index is 5.91. The fourth-order valence-electron chi connectivity index (χ4n) is 1.95. The normalized spacial score (nSPS) is 22.3. The Bertz CT molecular complexity index is 321. The van der Waals surface area contributed by atoms with Gasteiger partial charge < -0.3 is 5.32 Å². The van der Waals surface area contributed by atoms with Crippen LogP contribution >= 0.6 is 27.5 Å². The number of hydrogen-bond donors (Lipinski definition) is 1. The molecule has 1 atom stereocenters. The largest absolute Gasteiger partial charge is 0.316 e. The molecule has 1 aromatic carbocycles. The molecule has 1 unspecified atom stereocenters. The van der Waals surface area contributed by atoms with Crippen molar-refractivity contribution in [3.8, 4) is 0 Å². The first kappa shape index (κ1) is 10.5. The minimum atomic E-state index is 0.635. The Morgan fingerprint density at radius 2 is 2.29 bits per heavy atom. The third kappa shape index (κ3) is 2.30. The quantitative estimate of drug-likeness (QED) is 0.825. The van der Waals surface area contributed by atoms with Gasteiger partial charge in [0.15, 0.2) is 0 Å². The van der Waals surface area contributed by atoms with E-state index in [2.05, 4.69) is 27.3 Å². The number of nitrogens with one attached hydrogen (secondary N) is 1. The molecule has 2 rings (SSSR count). The van der Waals surface area contributed by atoms with Crippen LogP contribution in [0.15, 0.2) is 22.7 Å². The van der Waals surface area contributed by atoms with Gasteiger partial charge in [-0.05, 0) is 43.0 Å². The molecular weight excluding hydrogens is 261 g/mol. The number of hydrogen-bond acceptors (Lipinski definition) is 1. The van der Waals surface area contributed by atoms with Crippen molar-refractivity contribution in [2.75, 3.05) is 13.1 Å². The van der Waals surface area contributed by atoms with E-state index >= 15 is 0 Å². The highest BCUT2D eigenvalue weighted by atomic mass is 79.9. The zero-order valence-electron chi connectivity index (χ0n) is 7.89. The van der Waals surface area contributed by atoms with Crippen molar-refractivity contribution in [3.05, 3.63) is 33.3 Å². The van der Waals surface area contributed by atoms with Crippen molar-refractivity contribution in [2.45, 2.75) is 18.8 Å². The van der Waals surface area contributed by atoms with Gasteiger partial charge in [0, 0.05) is 16.0 Å². The second kappa shape index (κ2) is 4.65. The summed E-state index contributed by atoms with van der Waals surface area (Å²) in [6.07, 6.45) is 2.53. The van der Waals surface area contributed by atoms with E-state index in [1.807, 2.05) is 12.1 Å². The average molecular weight is 275 g/mol. The second-order valence-electron chi connectivity index (χ2n) is 3.71. The summed E-state index contributed by atoms with van der Waals surface area (Å²) >= 11 is 9.48. The van der Waals surface area contributed by atoms with Crippen LogP contribution in [-0.4, -0.2) is 13.1 Å². The standard InChI is InChI=1S/C11H13BrClN/c12-11-6-9(13)3-4-10(11)8-2-1-5-14-7-8/h3-4,6,8,14H,1-2,5,7H2. The van der Waals surface area contributed by atoms with Crippen molar-refractivity contribution in [2.24, 2.45) is 0 Å². The van der Waals surface area contributed by atoms with Gasteiger partial charge in [-0.25, -0.2) is 0 Å². The lowest BCUT2D eigenvalue weighted by Crippen LogP contribution is -2.28. The van der Waals surface area contributed by atoms with Gasteiger partial charge in [-0.3, -0.25) is 0 Å². The van der Waals surface area contributed by atoms with E-state index in [1.54, 1.807) is 0 Å². The van der Waals surface area contributed by atoms with Crippen LogP contribution in [0.2, 0.25) is 5.02 Å². The van der Waals surface area contributed by atoms with Gasteiger partial charge in [0.1, 0.15) is 0 Å². The summed E-state index contributed by atoms with van der Waals surface area (Å²) in [6.45, 7) is 2.24. The van der Waals surface area contributed by atoms with E-state index in [1.165, 1.54) is 18.4 Å². The molecule has 76 valence electrons. The maximum Gasteiger partial charge on any atom is 0.0417 e. The summed E-state index contributed by atoms with van der Waals surface area (Å²) in [4.78, 5) is 0. The van der Waals surface area contributed by atoms with Crippen LogP contribution in [-0.2, 0) is 0 Å². The molecule has 0 aliphatic carbocycles. The van der Waals surface area contributed by atoms with Crippen molar-refractivity contribution in [3.63, 3.8) is 0 Å². The van der Waals surface area contributed by atoms with Crippen LogP contribution in [0.4, 0.5) is 0 Å². The van der Waals surface area contributed by atoms with Crippen molar-refractivity contribution in [1.82, 2.24) is 5.32 Å². The van der Waals surface area contributed by atoms with Crippen LogP contribution < -0.4 is 5.32 Å². The Kier molecular flexibility index (Phi) is 3.47. The van der Waals surface area contributed by atoms with Gasteiger partial charge in [0.25, 0.3) is 0 Å². The summed E-state index contributed by atoms with van der Waals surface area (Å²) in [5.74, 6) is 0.635. The minimum Gasteiger partial charge on any atom is -0.316 e. The average Bonchev–Trinajstić information content (AvgIpc) is 2.19. The summed E-state index contributed by atoms with van der Waals surface area (Å²) in [6, 6.07) is 6.08. The van der Waals surface area contributed by atoms with E-state index in [0.29, 0.717) is 5.92 Å². The highest BCUT2D eigenvalue weighted by Crippen LogP contribution is 2.31. The molecule has 1 fully saturated rings. The number of benzene rings is 1. The van der Waals surface area contributed by atoms with Gasteiger partial charge in [0.2, 0.25) is 0 Å². The number of piperidine rings is 1. The molecule has 3 heteroatoms. The first-order valence-corrected chi connectivity index (χ1v) is 6.10. The summed E-state index contributed by atoms with van der Waals surface area (Å²) in [5, 5.41) is 4.22. The van der Waals surface area contributed by atoms with Crippen molar-refractivity contribution < 1.29 is 0 Å². The first-order chi connectivity index (χ1) is 6.77. The van der Waals surface area contributed by atoms with Crippen molar-refractivity contribution in [1.29, 1.82) is 0 Å². The Morgan fingerprint density at radius 1 is 1.43 bits per heavy atom. The zero-order valence-corrected chi connectivity index (χ0v) is 10.2. The molecule has 0 bridgehead atoms. The Morgan fingerprint density at radius 3 is 2.93 bits per heavy atom. The SMILES string of the molecule is Clc1ccc(C2CCCNC2)c(Br)c1. The lowest BCUT2D eigenvalue weighted by molar-refractivity contribution is 0.460. The van der Waals surface area contributed by atoms with Gasteiger partial charge in [-0.2, -0.15) is 0 Å². The van der Waals surface area contributed by atoms with Gasteiger partial charge in [-0.1, -0.05) is 33.6 Å². The lowest BCUT2D eigenvalue weighted by Gasteiger charge is -2.24. The van der Waals surface area contributed by atoms with Crippen LogP contribution in [0.1, 0.15) is 24.3 Å². The van der Waals surface area contributed by atoms with E-state index in [4.69, 9.17) is 11.6 Å². The molecule has 14 heavy (non-hydrogen) atoms. The molecule has 1 aliphatic heterocycles. The van der Waals surface area contributed by atoms with Crippen LogP contribution in [0, 0.1) is 0 Å². The molecule has 1 aromatic rings. The smallest absolute Gasteiger partial charge is 0.0417 e. The van der Waals surface area contributed by atoms with E-state index in [-0.39, 0.29) is 0 Å². The molecule has 1 aliphatic rings. The zero-order chi connectivity index (χ0) is 9.97. The molecule has 0 aromatic heterocycles. The predicted octanol–water partition coefficient (Wildman–Crippen LogP) is 3.57. The topological polar surface area (TPSA) is 12.0 Å². The molecule has 1 N–H and O–H groups in total. The van der Waals surface area contributed by atoms with Crippen LogP contribution in [0.5, 0.6) is 0 Å². The molecule has 0 saturated carbocycles. The summed E-state index contributed by atoms with van der Waals surface area (Å²) in [5.41, 5.74) is 1.38. The second-order valence-corrected chi connectivity index (χ2v) is 5.00. The summed E-state index contributed by atoms with van der Waals surface area (Å²) in [7, 11) is 0. The highest BCUT2D eigenvalue weighted by molar-refractivity contribution is 9.10. The monoisotopic (exact) mass is 273 g/mol. The molecule has 0 radical (unpaired) electrons. The van der Waals surface area contributed by atoms with Crippen LogP contribution in [0.25, 0.3) is 0 Å². The molecular formula is C11H13BrClN. The van der Waals surface area contributed by atoms with E-state index in [9.17, 15) is 0 Å². The lowest BCUT2D eigenvalue weighted by atomic mass is 9.92. The molecule has 1 heterocycles. The maximum absolute atomic E-state index is 5.91. The van der Waals surface area contributed by atoms with Gasteiger partial charge >= 0.3 is 0 Å². The number of halogens is 2. The predicted molar refractivity (Wildman–Crippen MR) is 64.0 cm³/mol. The van der Waals surface area contributed by atoms with E-state index in [0.717, 1.165) is 22.6 Å². The fourth-order valence-corrected chi connectivity index (χ4v) is 2.96. The first-order valence-electron chi connectivity index (χ1n) is 4.93. The molecule has 1 nitrogen and oxygen atoms in total. The van der Waals surface area contributed by atoms with Crippen molar-refractivity contribution >= 4 is 27.5 Å². The highest BCUT2D eigenvalue weighted by Gasteiger charge is 2.17. The summed E-state index contributed by atoms with van der Waals surface area (Å²) < 4.78 is 1.14. The number of rotatable bonds is 1. The molecule has 0 spiro atoms. The Hall–Kier alpha value is -0.0500. The van der Waals surface area contributed by atoms with Gasteiger partial charge in [0.05, 0.1) is 0 Å². The Labute approximate surface area is 98.0 Å². The van der Waals surface area contributed by atoms with Crippen LogP contribution in [0.3, 0.4) is 0 Å². The Balaban J connectivity index is 2.22. The third-order valence-electron chi connectivity index (χ3n) is 2.70. The molecule has 1 saturated heterocycles. The van der Waals surface area contributed by atoms with Gasteiger partial charge in [-0.15, -0.1) is 0 Å². The minimum absolute atomic E-state index is 0.635.